The predicted octanol–water partition coefficient (Wildman–Crippen LogP) is 0.659. The monoisotopic (exact) mass is 449 g/mol. The lowest BCUT2D eigenvalue weighted by atomic mass is 10.1. The number of nitrogens with one attached hydrogen (secondary N) is 2. The number of anilines is 1. The Labute approximate surface area is 179 Å². The molecule has 10 nitrogen and oxygen atoms in total. The SMILES string of the molecule is COC(=O)[C@@H](Cc1ccc(O)cc1)NC(=O)CCC(=O)Nc1ccc(S(N)(=O)=O)cc1. The Morgan fingerprint density at radius 1 is 1.00 bits per heavy atom. The topological polar surface area (TPSA) is 165 Å². The van der Waals surface area contributed by atoms with Gasteiger partial charge in [0.05, 0.1) is 12.0 Å². The molecule has 166 valence electrons. The summed E-state index contributed by atoms with van der Waals surface area (Å²) >= 11 is 0. The summed E-state index contributed by atoms with van der Waals surface area (Å²) < 4.78 is 27.2. The van der Waals surface area contributed by atoms with Crippen molar-refractivity contribution in [2.24, 2.45) is 5.14 Å². The number of phenolic OH excluding ortho intramolecular Hbond substituents is 1. The highest BCUT2D eigenvalue weighted by Crippen LogP contribution is 2.14. The third-order valence-electron chi connectivity index (χ3n) is 4.24. The zero-order chi connectivity index (χ0) is 23.0. The first-order valence-corrected chi connectivity index (χ1v) is 10.7. The molecule has 2 rings (SSSR count). The fraction of sp³-hybridized carbons (Fsp3) is 0.250. The number of methoxy groups -OCH3 is 1. The van der Waals surface area contributed by atoms with E-state index in [-0.39, 0.29) is 29.9 Å². The van der Waals surface area contributed by atoms with Crippen LogP contribution in [0.25, 0.3) is 0 Å². The molecule has 2 amide bonds. The average Bonchev–Trinajstić information content (AvgIpc) is 2.72. The zero-order valence-electron chi connectivity index (χ0n) is 16.7. The first kappa shape index (κ1) is 23.8. The lowest BCUT2D eigenvalue weighted by Gasteiger charge is -2.16. The molecule has 0 aliphatic carbocycles. The second-order valence-electron chi connectivity index (χ2n) is 6.63. The van der Waals surface area contributed by atoms with Gasteiger partial charge >= 0.3 is 5.97 Å². The molecule has 0 heterocycles. The standard InChI is InChI=1S/C20H23N3O7S/c1-30-20(27)17(12-13-2-6-15(24)7-3-13)23-19(26)11-10-18(25)22-14-4-8-16(9-5-14)31(21,28)29/h2-9,17,24H,10-12H2,1H3,(H,22,25)(H,23,26)(H2,21,28,29)/t17-/m1/s1. The van der Waals surface area contributed by atoms with Gasteiger partial charge in [-0.15, -0.1) is 0 Å². The highest BCUT2D eigenvalue weighted by atomic mass is 32.2. The van der Waals surface area contributed by atoms with Crippen molar-refractivity contribution in [1.82, 2.24) is 5.32 Å². The number of hydrogen-bond donors (Lipinski definition) is 4. The van der Waals surface area contributed by atoms with Crippen LogP contribution < -0.4 is 15.8 Å². The first-order chi connectivity index (χ1) is 14.6. The van der Waals surface area contributed by atoms with E-state index in [0.717, 1.165) is 0 Å². The van der Waals surface area contributed by atoms with Gasteiger partial charge in [0.25, 0.3) is 0 Å². The Morgan fingerprint density at radius 3 is 2.13 bits per heavy atom. The van der Waals surface area contributed by atoms with Crippen LogP contribution >= 0.6 is 0 Å². The van der Waals surface area contributed by atoms with Gasteiger partial charge in [-0.05, 0) is 42.0 Å². The first-order valence-electron chi connectivity index (χ1n) is 9.16. The lowest BCUT2D eigenvalue weighted by Crippen LogP contribution is -2.43. The number of primary sulfonamides is 1. The number of esters is 1. The van der Waals surface area contributed by atoms with E-state index >= 15 is 0 Å². The second-order valence-corrected chi connectivity index (χ2v) is 8.19. The molecule has 0 bridgehead atoms. The normalized spacial score (nSPS) is 11.9. The van der Waals surface area contributed by atoms with Crippen LogP contribution in [0.15, 0.2) is 53.4 Å². The van der Waals surface area contributed by atoms with Crippen LogP contribution in [0.4, 0.5) is 5.69 Å². The van der Waals surface area contributed by atoms with Crippen LogP contribution in [0, 0.1) is 0 Å². The maximum atomic E-state index is 12.2. The molecular weight excluding hydrogens is 426 g/mol. The van der Waals surface area contributed by atoms with Crippen LogP contribution in [0.1, 0.15) is 18.4 Å². The van der Waals surface area contributed by atoms with Crippen LogP contribution in [-0.4, -0.2) is 44.5 Å². The molecule has 11 heteroatoms. The van der Waals surface area contributed by atoms with Gasteiger partial charge in [-0.1, -0.05) is 12.1 Å². The maximum absolute atomic E-state index is 12.2. The minimum atomic E-state index is -3.83. The third kappa shape index (κ3) is 7.72. The van der Waals surface area contributed by atoms with Gasteiger partial charge < -0.3 is 20.5 Å². The van der Waals surface area contributed by atoms with E-state index in [2.05, 4.69) is 10.6 Å². The molecule has 31 heavy (non-hydrogen) atoms. The van der Waals surface area contributed by atoms with Crippen molar-refractivity contribution in [1.29, 1.82) is 0 Å². The molecule has 0 unspecified atom stereocenters. The van der Waals surface area contributed by atoms with Crippen molar-refractivity contribution in [3.8, 4) is 5.75 Å². The summed E-state index contributed by atoms with van der Waals surface area (Å²) in [5.74, 6) is -1.55. The number of aromatic hydroxyl groups is 1. The number of rotatable bonds is 9. The lowest BCUT2D eigenvalue weighted by molar-refractivity contribution is -0.145. The van der Waals surface area contributed by atoms with Crippen molar-refractivity contribution < 1.29 is 32.6 Å². The largest absolute Gasteiger partial charge is 0.508 e. The van der Waals surface area contributed by atoms with Gasteiger partial charge in [0.2, 0.25) is 21.8 Å². The van der Waals surface area contributed by atoms with Gasteiger partial charge in [0.15, 0.2) is 0 Å². The average molecular weight is 449 g/mol. The maximum Gasteiger partial charge on any atom is 0.328 e. The van der Waals surface area contributed by atoms with Crippen molar-refractivity contribution in [3.63, 3.8) is 0 Å². The molecule has 0 saturated heterocycles. The zero-order valence-corrected chi connectivity index (χ0v) is 17.5. The van der Waals surface area contributed by atoms with E-state index in [1.165, 1.54) is 43.5 Å². The number of sulfonamides is 1. The molecule has 0 aromatic heterocycles. The molecule has 0 saturated carbocycles. The number of ether oxygens (including phenoxy) is 1. The Kier molecular flexibility index (Phi) is 8.11. The smallest absolute Gasteiger partial charge is 0.328 e. The molecule has 0 spiro atoms. The highest BCUT2D eigenvalue weighted by Gasteiger charge is 2.22. The quantitative estimate of drug-likeness (QED) is 0.408. The molecule has 1 atom stereocenters. The van der Waals surface area contributed by atoms with Gasteiger partial charge in [-0.2, -0.15) is 0 Å². The van der Waals surface area contributed by atoms with Gasteiger partial charge in [0.1, 0.15) is 11.8 Å². The molecule has 2 aromatic rings. The second kappa shape index (κ2) is 10.5. The molecule has 2 aromatic carbocycles. The van der Waals surface area contributed by atoms with Crippen LogP contribution in [0.3, 0.4) is 0 Å². The van der Waals surface area contributed by atoms with Crippen molar-refractivity contribution in [2.75, 3.05) is 12.4 Å². The summed E-state index contributed by atoms with van der Waals surface area (Å²) in [4.78, 5) is 36.1. The molecular formula is C20H23N3O7S. The summed E-state index contributed by atoms with van der Waals surface area (Å²) in [6.45, 7) is 0. The number of benzene rings is 2. The number of carbonyl (C=O) groups is 3. The van der Waals surface area contributed by atoms with Crippen molar-refractivity contribution in [3.05, 3.63) is 54.1 Å². The van der Waals surface area contributed by atoms with Gasteiger partial charge in [-0.3, -0.25) is 9.59 Å². The summed E-state index contributed by atoms with van der Waals surface area (Å²) in [5.41, 5.74) is 1.05. The van der Waals surface area contributed by atoms with Crippen molar-refractivity contribution >= 4 is 33.5 Å². The molecule has 0 radical (unpaired) electrons. The summed E-state index contributed by atoms with van der Waals surface area (Å²) in [6.07, 6.45) is -0.179. The van der Waals surface area contributed by atoms with E-state index < -0.39 is 33.8 Å². The highest BCUT2D eigenvalue weighted by molar-refractivity contribution is 7.89. The van der Waals surface area contributed by atoms with Crippen LogP contribution in [0.5, 0.6) is 5.75 Å². The summed E-state index contributed by atoms with van der Waals surface area (Å²) in [7, 11) is -2.63. The Morgan fingerprint density at radius 2 is 1.58 bits per heavy atom. The van der Waals surface area contributed by atoms with E-state index in [9.17, 15) is 27.9 Å². The van der Waals surface area contributed by atoms with E-state index in [1.54, 1.807) is 12.1 Å². The van der Waals surface area contributed by atoms with Crippen LogP contribution in [0.2, 0.25) is 0 Å². The van der Waals surface area contributed by atoms with E-state index in [0.29, 0.717) is 11.3 Å². The fourth-order valence-electron chi connectivity index (χ4n) is 2.65. The molecule has 0 fully saturated rings. The van der Waals surface area contributed by atoms with E-state index in [1.807, 2.05) is 0 Å². The van der Waals surface area contributed by atoms with E-state index in [4.69, 9.17) is 9.88 Å². The number of nitrogens with two attached hydrogens (primary N) is 1. The van der Waals surface area contributed by atoms with Gasteiger partial charge in [-0.25, -0.2) is 18.4 Å². The minimum Gasteiger partial charge on any atom is -0.508 e. The van der Waals surface area contributed by atoms with Crippen LogP contribution in [-0.2, 0) is 35.6 Å². The van der Waals surface area contributed by atoms with Gasteiger partial charge in [0, 0.05) is 24.9 Å². The number of amides is 2. The number of phenols is 1. The number of carbonyl (C=O) groups excluding carboxylic acids is 3. The Bertz CT molecular complexity index is 1040. The molecule has 0 aliphatic heterocycles. The number of hydrogen-bond acceptors (Lipinski definition) is 7. The fourth-order valence-corrected chi connectivity index (χ4v) is 3.16. The predicted molar refractivity (Wildman–Crippen MR) is 111 cm³/mol. The molecule has 5 N–H and O–H groups in total. The summed E-state index contributed by atoms with van der Waals surface area (Å²) in [6, 6.07) is 10.5. The van der Waals surface area contributed by atoms with Crippen molar-refractivity contribution in [2.45, 2.75) is 30.2 Å². The third-order valence-corrected chi connectivity index (χ3v) is 5.17. The Hall–Kier alpha value is -3.44. The Balaban J connectivity index is 1.88. The molecule has 0 aliphatic rings. The minimum absolute atomic E-state index is 0.0766. The summed E-state index contributed by atoms with van der Waals surface area (Å²) in [5, 5.41) is 19.4.